The number of rotatable bonds is 40. The van der Waals surface area contributed by atoms with Gasteiger partial charge < -0.3 is 23.8 Å². The van der Waals surface area contributed by atoms with Gasteiger partial charge in [-0.2, -0.15) is 0 Å². The molecule has 0 radical (unpaired) electrons. The maximum Gasteiger partial charge on any atom is 0.362 e. The molecule has 8 nitrogen and oxygen atoms in total. The number of hydrogen-bond donors (Lipinski definition) is 1. The molecule has 0 aliphatic heterocycles. The first-order chi connectivity index (χ1) is 26.1. The number of esters is 2. The number of aliphatic carboxylic acids is 1. The lowest BCUT2D eigenvalue weighted by Crippen LogP contribution is -2.50. The SMILES string of the molecule is CCCCC/C=C/C/C=C/CCCCCCCCCC(=O)OCC(COCCC(C(=O)O)[N+](C)(C)C)OC(=O)CCCCCCCCCCCCCCC. The third-order valence-electron chi connectivity index (χ3n) is 10.1. The number of carbonyl (C=O) groups is 3. The predicted molar refractivity (Wildman–Crippen MR) is 225 cm³/mol. The van der Waals surface area contributed by atoms with Crippen molar-refractivity contribution in [1.82, 2.24) is 0 Å². The van der Waals surface area contributed by atoms with Crippen LogP contribution < -0.4 is 0 Å². The molecule has 0 saturated carbocycles. The highest BCUT2D eigenvalue weighted by Crippen LogP contribution is 2.15. The Morgan fingerprint density at radius 1 is 0.556 bits per heavy atom. The zero-order valence-electron chi connectivity index (χ0n) is 35.9. The standard InChI is InChI=1S/C46H85NO7/c1-6-8-10-12-14-16-18-20-21-22-23-25-26-28-30-32-34-36-44(48)53-41-42(40-52-39-38-43(46(50)51)47(3,4)5)54-45(49)37-35-33-31-29-27-24-19-17-15-13-11-9-7-2/h14,16,20-21,42-43H,6-13,15,17-19,22-41H2,1-5H3/p+1/b16-14+,21-20+. The summed E-state index contributed by atoms with van der Waals surface area (Å²) in [6.07, 6.45) is 40.7. The molecule has 54 heavy (non-hydrogen) atoms. The van der Waals surface area contributed by atoms with E-state index in [9.17, 15) is 19.5 Å². The highest BCUT2D eigenvalue weighted by Gasteiger charge is 2.31. The highest BCUT2D eigenvalue weighted by atomic mass is 16.6. The van der Waals surface area contributed by atoms with E-state index in [4.69, 9.17) is 14.2 Å². The summed E-state index contributed by atoms with van der Waals surface area (Å²) in [4.78, 5) is 37.0. The van der Waals surface area contributed by atoms with Crippen molar-refractivity contribution in [3.63, 3.8) is 0 Å². The number of unbranched alkanes of at least 4 members (excludes halogenated alkanes) is 22. The lowest BCUT2D eigenvalue weighted by molar-refractivity contribution is -0.887. The van der Waals surface area contributed by atoms with E-state index >= 15 is 0 Å². The third kappa shape index (κ3) is 35.5. The van der Waals surface area contributed by atoms with Crippen LogP contribution >= 0.6 is 0 Å². The molecule has 0 aliphatic carbocycles. The van der Waals surface area contributed by atoms with Gasteiger partial charge in [-0.25, -0.2) is 4.79 Å². The quantitative estimate of drug-likeness (QED) is 0.0287. The van der Waals surface area contributed by atoms with Crippen molar-refractivity contribution >= 4 is 17.9 Å². The predicted octanol–water partition coefficient (Wildman–Crippen LogP) is 12.1. The van der Waals surface area contributed by atoms with Crippen molar-refractivity contribution in [2.24, 2.45) is 0 Å². The molecule has 0 bridgehead atoms. The topological polar surface area (TPSA) is 99.1 Å². The molecule has 0 amide bonds. The van der Waals surface area contributed by atoms with Gasteiger partial charge in [0.15, 0.2) is 12.1 Å². The Balaban J connectivity index is 4.32. The van der Waals surface area contributed by atoms with E-state index in [2.05, 4.69) is 38.2 Å². The smallest absolute Gasteiger partial charge is 0.362 e. The number of quaternary nitrogens is 1. The molecule has 316 valence electrons. The fraction of sp³-hybridized carbons (Fsp3) is 0.848. The van der Waals surface area contributed by atoms with Gasteiger partial charge in [0.25, 0.3) is 0 Å². The molecular formula is C46H86NO7+. The van der Waals surface area contributed by atoms with Gasteiger partial charge in [-0.1, -0.05) is 160 Å². The molecule has 0 spiro atoms. The van der Waals surface area contributed by atoms with Crippen LogP contribution in [0.15, 0.2) is 24.3 Å². The number of allylic oxidation sites excluding steroid dienone is 4. The van der Waals surface area contributed by atoms with Gasteiger partial charge in [-0.05, 0) is 44.9 Å². The Morgan fingerprint density at radius 3 is 1.46 bits per heavy atom. The lowest BCUT2D eigenvalue weighted by Gasteiger charge is -2.31. The molecule has 0 rings (SSSR count). The Kier molecular flexibility index (Phi) is 36.2. The van der Waals surface area contributed by atoms with E-state index in [0.29, 0.717) is 19.3 Å². The minimum Gasteiger partial charge on any atom is -0.477 e. The maximum atomic E-state index is 12.7. The van der Waals surface area contributed by atoms with Crippen LogP contribution in [-0.4, -0.2) is 80.6 Å². The number of nitrogens with zero attached hydrogens (tertiary/aromatic N) is 1. The first kappa shape index (κ1) is 51.8. The van der Waals surface area contributed by atoms with E-state index in [1.165, 1.54) is 116 Å². The van der Waals surface area contributed by atoms with E-state index in [0.717, 1.165) is 51.4 Å². The fourth-order valence-electron chi connectivity index (χ4n) is 6.59. The molecule has 2 atom stereocenters. The van der Waals surface area contributed by atoms with E-state index in [-0.39, 0.29) is 36.2 Å². The summed E-state index contributed by atoms with van der Waals surface area (Å²) in [7, 11) is 5.53. The van der Waals surface area contributed by atoms with E-state index in [1.807, 2.05) is 21.1 Å². The average molecular weight is 765 g/mol. The van der Waals surface area contributed by atoms with Crippen molar-refractivity contribution in [2.45, 2.75) is 212 Å². The van der Waals surface area contributed by atoms with Crippen molar-refractivity contribution < 1.29 is 38.2 Å². The van der Waals surface area contributed by atoms with Crippen LogP contribution in [0.2, 0.25) is 0 Å². The zero-order valence-corrected chi connectivity index (χ0v) is 35.9. The van der Waals surface area contributed by atoms with Crippen LogP contribution in [0, 0.1) is 0 Å². The summed E-state index contributed by atoms with van der Waals surface area (Å²) < 4.78 is 17.3. The molecule has 0 aliphatic rings. The second-order valence-electron chi connectivity index (χ2n) is 16.3. The second-order valence-corrected chi connectivity index (χ2v) is 16.3. The number of hydrogen-bond acceptors (Lipinski definition) is 6. The molecular weight excluding hydrogens is 679 g/mol. The first-order valence-corrected chi connectivity index (χ1v) is 22.4. The van der Waals surface area contributed by atoms with Crippen molar-refractivity contribution in [1.29, 1.82) is 0 Å². The summed E-state index contributed by atoms with van der Waals surface area (Å²) in [5.74, 6) is -1.47. The molecule has 8 heteroatoms. The minimum atomic E-state index is -0.874. The van der Waals surface area contributed by atoms with Crippen LogP contribution in [0.4, 0.5) is 0 Å². The van der Waals surface area contributed by atoms with Gasteiger partial charge in [0.05, 0.1) is 34.4 Å². The van der Waals surface area contributed by atoms with E-state index < -0.39 is 18.1 Å². The molecule has 0 fully saturated rings. The second kappa shape index (κ2) is 37.7. The largest absolute Gasteiger partial charge is 0.477 e. The molecule has 0 aromatic rings. The first-order valence-electron chi connectivity index (χ1n) is 22.4. The van der Waals surface area contributed by atoms with Crippen LogP contribution in [-0.2, 0) is 28.6 Å². The lowest BCUT2D eigenvalue weighted by atomic mass is 10.0. The molecule has 2 unspecified atom stereocenters. The van der Waals surface area contributed by atoms with Crippen LogP contribution in [0.25, 0.3) is 0 Å². The van der Waals surface area contributed by atoms with Gasteiger partial charge in [-0.3, -0.25) is 9.59 Å². The fourth-order valence-corrected chi connectivity index (χ4v) is 6.59. The minimum absolute atomic E-state index is 0.0510. The molecule has 0 aromatic heterocycles. The van der Waals surface area contributed by atoms with Gasteiger partial charge in [0.2, 0.25) is 0 Å². The Bertz CT molecular complexity index is 942. The monoisotopic (exact) mass is 765 g/mol. The number of carbonyl (C=O) groups excluding carboxylic acids is 2. The number of carboxylic acids is 1. The van der Waals surface area contributed by atoms with Crippen molar-refractivity contribution in [3.05, 3.63) is 24.3 Å². The Hall–Kier alpha value is -2.19. The summed E-state index contributed by atoms with van der Waals surface area (Å²) in [6.45, 7) is 4.72. The highest BCUT2D eigenvalue weighted by molar-refractivity contribution is 5.72. The van der Waals surface area contributed by atoms with Crippen LogP contribution in [0.1, 0.15) is 200 Å². The number of carboxylic acid groups (broad SMARTS) is 1. The maximum absolute atomic E-state index is 12.7. The average Bonchev–Trinajstić information content (AvgIpc) is 3.12. The Morgan fingerprint density at radius 2 is 0.981 bits per heavy atom. The summed E-state index contributed by atoms with van der Waals surface area (Å²) in [5, 5.41) is 9.61. The zero-order chi connectivity index (χ0) is 40.0. The van der Waals surface area contributed by atoms with Gasteiger partial charge in [0.1, 0.15) is 6.61 Å². The summed E-state index contributed by atoms with van der Waals surface area (Å²) >= 11 is 0. The van der Waals surface area contributed by atoms with E-state index in [1.54, 1.807) is 0 Å². The summed E-state index contributed by atoms with van der Waals surface area (Å²) in [6, 6.07) is -0.612. The number of likely N-dealkylation sites (N-methyl/N-ethyl adjacent to an activating group) is 1. The molecule has 0 heterocycles. The van der Waals surface area contributed by atoms with Crippen molar-refractivity contribution in [2.75, 3.05) is 41.0 Å². The number of ether oxygens (including phenoxy) is 3. The van der Waals surface area contributed by atoms with Gasteiger partial charge >= 0.3 is 17.9 Å². The molecule has 1 N–H and O–H groups in total. The van der Waals surface area contributed by atoms with Gasteiger partial charge in [-0.15, -0.1) is 0 Å². The summed E-state index contributed by atoms with van der Waals surface area (Å²) in [5.41, 5.74) is 0. The van der Waals surface area contributed by atoms with Crippen molar-refractivity contribution in [3.8, 4) is 0 Å². The normalized spacial score (nSPS) is 13.1. The molecule has 0 saturated heterocycles. The van der Waals surface area contributed by atoms with Gasteiger partial charge in [0, 0.05) is 19.3 Å². The van der Waals surface area contributed by atoms with Crippen LogP contribution in [0.5, 0.6) is 0 Å². The third-order valence-corrected chi connectivity index (χ3v) is 10.1. The van der Waals surface area contributed by atoms with Crippen LogP contribution in [0.3, 0.4) is 0 Å². The molecule has 0 aromatic carbocycles. The Labute approximate surface area is 332 Å².